The fraction of sp³-hybridized carbons (Fsp3) is 0.562. The number of hydrogen-bond acceptors (Lipinski definition) is 19. The van der Waals surface area contributed by atoms with Crippen LogP contribution in [0, 0.1) is 5.92 Å². The van der Waals surface area contributed by atoms with Gasteiger partial charge in [0, 0.05) is 46.0 Å². The van der Waals surface area contributed by atoms with Crippen molar-refractivity contribution in [2.45, 2.75) is 101 Å². The van der Waals surface area contributed by atoms with Gasteiger partial charge in [-0.05, 0) is 67.1 Å². The molecular formula is C64H86ClN5O19. The van der Waals surface area contributed by atoms with Gasteiger partial charge in [0.1, 0.15) is 47.3 Å². The minimum absolute atomic E-state index is 0.0419. The van der Waals surface area contributed by atoms with Crippen molar-refractivity contribution in [2.75, 3.05) is 132 Å². The number of esters is 1. The molecule has 0 spiro atoms. The van der Waals surface area contributed by atoms with E-state index in [4.69, 9.17) is 68.4 Å². The van der Waals surface area contributed by atoms with E-state index in [0.29, 0.717) is 70.7 Å². The number of carbonyl (C=O) groups excluding carboxylic acids is 6. The lowest BCUT2D eigenvalue weighted by Gasteiger charge is -2.42. The third-order valence-electron chi connectivity index (χ3n) is 16.2. The summed E-state index contributed by atoms with van der Waals surface area (Å²) >= 11 is 6.82. The molecular weight excluding hydrogens is 1180 g/mol. The van der Waals surface area contributed by atoms with E-state index in [1.807, 2.05) is 49.4 Å². The number of halogens is 1. The Bertz CT molecular complexity index is 2900. The van der Waals surface area contributed by atoms with Crippen LogP contribution in [0.5, 0.6) is 5.75 Å². The third kappa shape index (κ3) is 19.4. The summed E-state index contributed by atoms with van der Waals surface area (Å²) in [6.07, 6.45) is -0.153. The fourth-order valence-corrected chi connectivity index (χ4v) is 11.2. The standard InChI is InChI=1S/C64H86ClN5O19/c1-41-14-13-19-53(79-8)64(77)38-52(87-62(76)68-64)42(2)59-63(4,89-59)54(37-57(73)70(6)50-35-44(34-41)36-51(78-7)58(50)65)88-60(74)43(3)69(5)56(72)20-22-80-24-26-82-28-30-84-32-33-85-31-29-83-27-25-81-23-21-66-55(71)39-67-61(75)86-40-49-47-17-11-9-15-45(47)46-16-10-12-18-48(46)49/h9-19,35-36,42-43,49,52-54,59,77H,20-34,37-40H2,1-8H3,(H,66,71)(H,67,75)(H,68,76)/b19-13+,41-14+/t42-,43+,52+,53-,54+,59?,63+,64?/m1/s1. The van der Waals surface area contributed by atoms with Gasteiger partial charge in [0.15, 0.2) is 5.72 Å². The average Bonchev–Trinajstić information content (AvgIpc) is 1.61. The minimum Gasteiger partial charge on any atom is -0.495 e. The number of allylic oxidation sites excluding steroid dienone is 3. The monoisotopic (exact) mass is 1260 g/mol. The predicted molar refractivity (Wildman–Crippen MR) is 327 cm³/mol. The molecule has 2 unspecified atom stereocenters. The normalized spacial score (nSPS) is 23.7. The second-order valence-corrected chi connectivity index (χ2v) is 22.7. The topological polar surface area (TPSA) is 279 Å². The summed E-state index contributed by atoms with van der Waals surface area (Å²) in [5.74, 6) is -2.32. The predicted octanol–water partition coefficient (Wildman–Crippen LogP) is 5.66. The van der Waals surface area contributed by atoms with Crippen LogP contribution in [0.15, 0.2) is 84.5 Å². The number of methoxy groups -OCH3 is 2. The van der Waals surface area contributed by atoms with Crippen molar-refractivity contribution in [3.8, 4) is 16.9 Å². The maximum atomic E-state index is 14.3. The molecule has 488 valence electrons. The van der Waals surface area contributed by atoms with Gasteiger partial charge >= 0.3 is 18.2 Å². The van der Waals surface area contributed by atoms with Gasteiger partial charge in [-0.1, -0.05) is 90.9 Å². The number of benzene rings is 3. The number of amides is 5. The first-order chi connectivity index (χ1) is 42.8. The van der Waals surface area contributed by atoms with E-state index in [9.17, 15) is 33.9 Å². The van der Waals surface area contributed by atoms with Crippen LogP contribution < -0.4 is 25.6 Å². The summed E-state index contributed by atoms with van der Waals surface area (Å²) < 4.78 is 68.3. The largest absolute Gasteiger partial charge is 0.495 e. The molecule has 25 heteroatoms. The van der Waals surface area contributed by atoms with Gasteiger partial charge in [-0.2, -0.15) is 0 Å². The van der Waals surface area contributed by atoms with Gasteiger partial charge in [0.25, 0.3) is 0 Å². The summed E-state index contributed by atoms with van der Waals surface area (Å²) in [5, 5.41) is 19.8. The summed E-state index contributed by atoms with van der Waals surface area (Å²) in [5.41, 5.74) is 3.38. The molecule has 24 nitrogen and oxygen atoms in total. The van der Waals surface area contributed by atoms with E-state index in [2.05, 4.69) is 28.1 Å². The van der Waals surface area contributed by atoms with E-state index < -0.39 is 77.7 Å². The molecule has 89 heavy (non-hydrogen) atoms. The lowest BCUT2D eigenvalue weighted by atomic mass is 9.83. The molecule has 0 radical (unpaired) electrons. The van der Waals surface area contributed by atoms with Crippen molar-refractivity contribution in [3.63, 3.8) is 0 Å². The zero-order valence-electron chi connectivity index (χ0n) is 52.1. The Morgan fingerprint density at radius 2 is 1.44 bits per heavy atom. The molecule has 2 saturated heterocycles. The quantitative estimate of drug-likeness (QED) is 0.0271. The zero-order valence-corrected chi connectivity index (χ0v) is 52.8. The van der Waals surface area contributed by atoms with Crippen molar-refractivity contribution in [2.24, 2.45) is 5.92 Å². The number of fused-ring (bicyclic) bond motifs is 8. The van der Waals surface area contributed by atoms with Crippen molar-refractivity contribution in [3.05, 3.63) is 106 Å². The molecule has 4 bridgehead atoms. The van der Waals surface area contributed by atoms with Crippen LogP contribution in [0.25, 0.3) is 11.1 Å². The smallest absolute Gasteiger partial charge is 0.409 e. The second-order valence-electron chi connectivity index (χ2n) is 22.4. The highest BCUT2D eigenvalue weighted by Gasteiger charge is 2.64. The number of aliphatic hydroxyl groups is 1. The Balaban J connectivity index is 0.727. The molecule has 5 amide bonds. The number of anilines is 1. The fourth-order valence-electron chi connectivity index (χ4n) is 10.9. The number of carbonyl (C=O) groups is 6. The molecule has 0 aromatic heterocycles. The number of likely N-dealkylation sites (N-methyl/N-ethyl adjacent to an activating group) is 1. The molecule has 3 aromatic carbocycles. The first kappa shape index (κ1) is 69.8. The Labute approximate surface area is 525 Å². The lowest BCUT2D eigenvalue weighted by molar-refractivity contribution is -0.162. The number of alkyl carbamates (subject to hydrolysis) is 2. The van der Waals surface area contributed by atoms with E-state index in [-0.39, 0.29) is 82.2 Å². The van der Waals surface area contributed by atoms with Gasteiger partial charge in [-0.15, -0.1) is 0 Å². The number of nitrogens with one attached hydrogen (secondary N) is 3. The molecule has 2 fully saturated rings. The molecule has 4 aliphatic rings. The summed E-state index contributed by atoms with van der Waals surface area (Å²) in [7, 11) is 5.93. The maximum absolute atomic E-state index is 14.3. The summed E-state index contributed by atoms with van der Waals surface area (Å²) in [6, 6.07) is 18.6. The highest BCUT2D eigenvalue weighted by molar-refractivity contribution is 6.35. The van der Waals surface area contributed by atoms with E-state index in [0.717, 1.165) is 33.4 Å². The molecule has 1 aliphatic carbocycles. The molecule has 3 aromatic rings. The van der Waals surface area contributed by atoms with Crippen LogP contribution in [0.2, 0.25) is 5.02 Å². The number of hydrogen-bond donors (Lipinski definition) is 4. The van der Waals surface area contributed by atoms with Crippen LogP contribution in [0.3, 0.4) is 0 Å². The molecule has 0 saturated carbocycles. The van der Waals surface area contributed by atoms with Crippen molar-refractivity contribution in [1.82, 2.24) is 20.9 Å². The van der Waals surface area contributed by atoms with Crippen molar-refractivity contribution < 1.29 is 90.7 Å². The Morgan fingerprint density at radius 3 is 2.03 bits per heavy atom. The molecule has 3 aliphatic heterocycles. The third-order valence-corrected chi connectivity index (χ3v) is 16.5. The highest BCUT2D eigenvalue weighted by atomic mass is 35.5. The number of rotatable bonds is 30. The first-order valence-electron chi connectivity index (χ1n) is 29.9. The van der Waals surface area contributed by atoms with Crippen molar-refractivity contribution >= 4 is 53.2 Å². The van der Waals surface area contributed by atoms with Gasteiger partial charge in [-0.3, -0.25) is 19.7 Å². The maximum Gasteiger partial charge on any atom is 0.409 e. The first-order valence-corrected chi connectivity index (χ1v) is 30.3. The van der Waals surface area contributed by atoms with Crippen LogP contribution in [0.1, 0.15) is 69.6 Å². The number of ether oxygens (including phenoxy) is 12. The second kappa shape index (κ2) is 33.9. The molecule has 3 heterocycles. The molecule has 8 atom stereocenters. The van der Waals surface area contributed by atoms with Crippen LogP contribution in [0.4, 0.5) is 15.3 Å². The number of nitrogens with zero attached hydrogens (tertiary/aromatic N) is 2. The molecule has 4 N–H and O–H groups in total. The van der Waals surface area contributed by atoms with Gasteiger partial charge in [0.2, 0.25) is 17.7 Å². The molecule has 7 rings (SSSR count). The van der Waals surface area contributed by atoms with Crippen LogP contribution in [-0.2, 0) is 77.7 Å². The Morgan fingerprint density at radius 1 is 0.854 bits per heavy atom. The van der Waals surface area contributed by atoms with Crippen LogP contribution >= 0.6 is 11.6 Å². The Hall–Kier alpha value is -6.71. The van der Waals surface area contributed by atoms with E-state index in [1.165, 1.54) is 38.0 Å². The van der Waals surface area contributed by atoms with Gasteiger partial charge < -0.3 is 82.4 Å². The minimum atomic E-state index is -1.87. The van der Waals surface area contributed by atoms with Gasteiger partial charge in [-0.25, -0.2) is 14.4 Å². The van der Waals surface area contributed by atoms with E-state index in [1.54, 1.807) is 45.2 Å². The van der Waals surface area contributed by atoms with E-state index >= 15 is 0 Å². The zero-order chi connectivity index (χ0) is 64.1. The number of epoxide rings is 1. The van der Waals surface area contributed by atoms with Gasteiger partial charge in [0.05, 0.1) is 118 Å². The summed E-state index contributed by atoms with van der Waals surface area (Å²) in [4.78, 5) is 81.9. The highest BCUT2D eigenvalue weighted by Crippen LogP contribution is 2.50. The lowest BCUT2D eigenvalue weighted by Crippen LogP contribution is -2.63. The van der Waals surface area contributed by atoms with Crippen molar-refractivity contribution in [1.29, 1.82) is 0 Å². The SMILES string of the molecule is COc1cc2cc(c1Cl)N(C)C(=O)C[C@H](OC(=O)[C@H](C)N(C)C(=O)CCOCCOCCOCCOCCOCCOCCNC(=O)CNC(=O)OCC1c3ccccc3-c3ccccc31)[C@]1(C)OC1[C@H](C)[C@@H]1CC(O)(NC(=O)O1)[C@H](OC)/C=C/C=C(\C)C2. The average molecular weight is 1260 g/mol. The summed E-state index contributed by atoms with van der Waals surface area (Å²) in [6.45, 7) is 10.7. The Kier molecular flexibility index (Phi) is 26.6. The van der Waals surface area contributed by atoms with Crippen LogP contribution in [-0.4, -0.2) is 215 Å².